The molecule has 0 aliphatic carbocycles. The van der Waals surface area contributed by atoms with E-state index in [9.17, 15) is 0 Å². The van der Waals surface area contributed by atoms with Crippen molar-refractivity contribution in [3.63, 3.8) is 0 Å². The van der Waals surface area contributed by atoms with Gasteiger partial charge in [-0.15, -0.1) is 0 Å². The van der Waals surface area contributed by atoms with Gasteiger partial charge in [0.05, 0.1) is 6.61 Å². The third-order valence-corrected chi connectivity index (χ3v) is 4.10. The van der Waals surface area contributed by atoms with Crippen LogP contribution in [-0.2, 0) is 0 Å². The highest BCUT2D eigenvalue weighted by Gasteiger charge is 2.22. The number of nitrogens with zero attached hydrogens (tertiary/aromatic N) is 2. The van der Waals surface area contributed by atoms with Gasteiger partial charge in [0.25, 0.3) is 0 Å². The lowest BCUT2D eigenvalue weighted by Gasteiger charge is -2.39. The van der Waals surface area contributed by atoms with Crippen LogP contribution >= 0.6 is 0 Å². The van der Waals surface area contributed by atoms with Crippen LogP contribution in [0.2, 0.25) is 0 Å². The summed E-state index contributed by atoms with van der Waals surface area (Å²) in [4.78, 5) is 5.03. The van der Waals surface area contributed by atoms with E-state index < -0.39 is 0 Å². The Morgan fingerprint density at radius 2 is 2.00 bits per heavy atom. The number of likely N-dealkylation sites (N-methyl/N-ethyl adjacent to an activating group) is 1. The standard InChI is InChI=1S/C16H27N3O/c1-3-15-13-19(11-10-18(15)2)9-4-12-20-16-7-5-14(17)6-8-16/h5-8,15H,3-4,9-13,17H2,1-2H3. The van der Waals surface area contributed by atoms with Gasteiger partial charge in [-0.05, 0) is 44.2 Å². The Kier molecular flexibility index (Phi) is 5.68. The van der Waals surface area contributed by atoms with Crippen LogP contribution in [0, 0.1) is 0 Å². The predicted molar refractivity (Wildman–Crippen MR) is 84.1 cm³/mol. The van der Waals surface area contributed by atoms with E-state index in [-0.39, 0.29) is 0 Å². The molecule has 4 nitrogen and oxygen atoms in total. The minimum absolute atomic E-state index is 0.710. The minimum Gasteiger partial charge on any atom is -0.494 e. The predicted octanol–water partition coefficient (Wildman–Crippen LogP) is 2.06. The summed E-state index contributed by atoms with van der Waals surface area (Å²) in [6.45, 7) is 7.71. The number of nitrogens with two attached hydrogens (primary N) is 1. The maximum absolute atomic E-state index is 5.73. The summed E-state index contributed by atoms with van der Waals surface area (Å²) in [5, 5.41) is 0. The number of nitrogen functional groups attached to an aromatic ring is 1. The molecular weight excluding hydrogens is 250 g/mol. The van der Waals surface area contributed by atoms with Gasteiger partial charge < -0.3 is 20.3 Å². The third kappa shape index (κ3) is 4.39. The van der Waals surface area contributed by atoms with Crippen molar-refractivity contribution in [3.05, 3.63) is 24.3 Å². The molecule has 1 aliphatic heterocycles. The molecule has 112 valence electrons. The smallest absolute Gasteiger partial charge is 0.119 e. The molecule has 4 heteroatoms. The van der Waals surface area contributed by atoms with Crippen LogP contribution in [-0.4, -0.2) is 55.7 Å². The van der Waals surface area contributed by atoms with E-state index in [1.807, 2.05) is 24.3 Å². The molecular formula is C16H27N3O. The van der Waals surface area contributed by atoms with Gasteiger partial charge in [0.2, 0.25) is 0 Å². The van der Waals surface area contributed by atoms with Gasteiger partial charge in [0, 0.05) is 37.9 Å². The van der Waals surface area contributed by atoms with Gasteiger partial charge in [-0.25, -0.2) is 0 Å². The van der Waals surface area contributed by atoms with Crippen LogP contribution in [0.3, 0.4) is 0 Å². The number of hydrogen-bond acceptors (Lipinski definition) is 4. The Labute approximate surface area is 122 Å². The van der Waals surface area contributed by atoms with Gasteiger partial charge in [-0.3, -0.25) is 0 Å². The van der Waals surface area contributed by atoms with E-state index in [0.717, 1.165) is 31.0 Å². The van der Waals surface area contributed by atoms with E-state index in [0.29, 0.717) is 6.04 Å². The molecule has 1 aromatic carbocycles. The molecule has 0 amide bonds. The van der Waals surface area contributed by atoms with Crippen LogP contribution in [0.25, 0.3) is 0 Å². The Hall–Kier alpha value is -1.26. The van der Waals surface area contributed by atoms with Crippen LogP contribution in [0.4, 0.5) is 5.69 Å². The molecule has 0 bridgehead atoms. The zero-order chi connectivity index (χ0) is 14.4. The summed E-state index contributed by atoms with van der Waals surface area (Å²) in [6, 6.07) is 8.32. The zero-order valence-electron chi connectivity index (χ0n) is 12.7. The summed E-state index contributed by atoms with van der Waals surface area (Å²) >= 11 is 0. The maximum atomic E-state index is 5.73. The lowest BCUT2D eigenvalue weighted by molar-refractivity contribution is 0.0891. The minimum atomic E-state index is 0.710. The van der Waals surface area contributed by atoms with Crippen molar-refractivity contribution >= 4 is 5.69 Å². The van der Waals surface area contributed by atoms with Crippen molar-refractivity contribution in [3.8, 4) is 5.75 Å². The van der Waals surface area contributed by atoms with Crippen molar-refractivity contribution < 1.29 is 4.74 Å². The van der Waals surface area contributed by atoms with Gasteiger partial charge in [0.15, 0.2) is 0 Å². The molecule has 0 aromatic heterocycles. The Morgan fingerprint density at radius 3 is 2.70 bits per heavy atom. The first-order valence-corrected chi connectivity index (χ1v) is 7.60. The average Bonchev–Trinajstić information content (AvgIpc) is 2.47. The van der Waals surface area contributed by atoms with Gasteiger partial charge in [-0.1, -0.05) is 6.92 Å². The first-order valence-electron chi connectivity index (χ1n) is 7.60. The SMILES string of the molecule is CCC1CN(CCCOc2ccc(N)cc2)CCN1C. The Bertz CT molecular complexity index is 393. The molecule has 1 unspecified atom stereocenters. The Morgan fingerprint density at radius 1 is 1.25 bits per heavy atom. The topological polar surface area (TPSA) is 41.7 Å². The summed E-state index contributed by atoms with van der Waals surface area (Å²) in [5.74, 6) is 0.906. The highest BCUT2D eigenvalue weighted by molar-refractivity contribution is 5.41. The summed E-state index contributed by atoms with van der Waals surface area (Å²) in [7, 11) is 2.23. The van der Waals surface area contributed by atoms with E-state index in [1.54, 1.807) is 0 Å². The largest absolute Gasteiger partial charge is 0.494 e. The number of piperazine rings is 1. The lowest BCUT2D eigenvalue weighted by atomic mass is 10.1. The van der Waals surface area contributed by atoms with Crippen molar-refractivity contribution in [2.45, 2.75) is 25.8 Å². The molecule has 20 heavy (non-hydrogen) atoms. The second-order valence-electron chi connectivity index (χ2n) is 5.61. The number of rotatable bonds is 6. The number of anilines is 1. The first-order chi connectivity index (χ1) is 9.69. The fourth-order valence-electron chi connectivity index (χ4n) is 2.70. The van der Waals surface area contributed by atoms with Gasteiger partial charge >= 0.3 is 0 Å². The van der Waals surface area contributed by atoms with Gasteiger partial charge in [0.1, 0.15) is 5.75 Å². The van der Waals surface area contributed by atoms with Crippen molar-refractivity contribution in [1.29, 1.82) is 0 Å². The molecule has 1 aromatic rings. The van der Waals surface area contributed by atoms with Crippen LogP contribution in [0.15, 0.2) is 24.3 Å². The second-order valence-corrected chi connectivity index (χ2v) is 5.61. The number of hydrogen-bond donors (Lipinski definition) is 1. The third-order valence-electron chi connectivity index (χ3n) is 4.10. The van der Waals surface area contributed by atoms with E-state index in [1.165, 1.54) is 26.1 Å². The highest BCUT2D eigenvalue weighted by Crippen LogP contribution is 2.14. The molecule has 2 rings (SSSR count). The molecule has 0 spiro atoms. The fraction of sp³-hybridized carbons (Fsp3) is 0.625. The Balaban J connectivity index is 1.65. The van der Waals surface area contributed by atoms with Crippen molar-refractivity contribution in [2.24, 2.45) is 0 Å². The molecule has 0 radical (unpaired) electrons. The van der Waals surface area contributed by atoms with E-state index in [2.05, 4.69) is 23.8 Å². The van der Waals surface area contributed by atoms with E-state index >= 15 is 0 Å². The fourth-order valence-corrected chi connectivity index (χ4v) is 2.70. The van der Waals surface area contributed by atoms with Crippen molar-refractivity contribution in [1.82, 2.24) is 9.80 Å². The van der Waals surface area contributed by atoms with Crippen molar-refractivity contribution in [2.75, 3.05) is 45.6 Å². The maximum Gasteiger partial charge on any atom is 0.119 e. The monoisotopic (exact) mass is 277 g/mol. The number of benzene rings is 1. The first kappa shape index (κ1) is 15.1. The molecule has 1 saturated heterocycles. The zero-order valence-corrected chi connectivity index (χ0v) is 12.7. The molecule has 2 N–H and O–H groups in total. The highest BCUT2D eigenvalue weighted by atomic mass is 16.5. The molecule has 1 fully saturated rings. The average molecular weight is 277 g/mol. The van der Waals surface area contributed by atoms with Crippen LogP contribution < -0.4 is 10.5 Å². The molecule has 1 aliphatic rings. The molecule has 1 heterocycles. The summed E-state index contributed by atoms with van der Waals surface area (Å²) in [5.41, 5.74) is 6.43. The van der Waals surface area contributed by atoms with Crippen LogP contribution in [0.5, 0.6) is 5.75 Å². The number of ether oxygens (including phenoxy) is 1. The summed E-state index contributed by atoms with van der Waals surface area (Å²) in [6.07, 6.45) is 2.31. The van der Waals surface area contributed by atoms with E-state index in [4.69, 9.17) is 10.5 Å². The summed E-state index contributed by atoms with van der Waals surface area (Å²) < 4.78 is 5.73. The van der Waals surface area contributed by atoms with Crippen LogP contribution in [0.1, 0.15) is 19.8 Å². The molecule has 1 atom stereocenters. The van der Waals surface area contributed by atoms with Gasteiger partial charge in [-0.2, -0.15) is 0 Å². The quantitative estimate of drug-likeness (QED) is 0.638. The normalized spacial score (nSPS) is 21.0. The lowest BCUT2D eigenvalue weighted by Crippen LogP contribution is -2.51. The molecule has 0 saturated carbocycles. The second kappa shape index (κ2) is 7.50.